The Bertz CT molecular complexity index is 255. The van der Waals surface area contributed by atoms with E-state index >= 15 is 0 Å². The molecule has 18 heavy (non-hydrogen) atoms. The fourth-order valence-electron chi connectivity index (χ4n) is 0.906. The quantitative estimate of drug-likeness (QED) is 0.693. The highest BCUT2D eigenvalue weighted by Gasteiger charge is 2.01. The Hall–Kier alpha value is -1.12. The van der Waals surface area contributed by atoms with E-state index in [0.29, 0.717) is 0 Å². The van der Waals surface area contributed by atoms with Crippen LogP contribution in [0.3, 0.4) is 0 Å². The molecule has 0 aliphatic heterocycles. The van der Waals surface area contributed by atoms with Gasteiger partial charge in [-0.3, -0.25) is 0 Å². The van der Waals surface area contributed by atoms with Crippen LogP contribution in [0, 0.1) is 0 Å². The summed E-state index contributed by atoms with van der Waals surface area (Å²) in [7, 11) is 0. The molecule has 0 aromatic carbocycles. The van der Waals surface area contributed by atoms with E-state index in [2.05, 4.69) is 16.3 Å². The zero-order valence-electron chi connectivity index (χ0n) is 13.6. The Morgan fingerprint density at radius 3 is 1.83 bits per heavy atom. The molecule has 0 radical (unpaired) electrons. The van der Waals surface area contributed by atoms with Crippen molar-refractivity contribution >= 4 is 0 Å². The van der Waals surface area contributed by atoms with Gasteiger partial charge in [0.2, 0.25) is 11.8 Å². The van der Waals surface area contributed by atoms with Crippen LogP contribution in [-0.4, -0.2) is 10.2 Å². The maximum absolute atomic E-state index is 5.32. The van der Waals surface area contributed by atoms with Gasteiger partial charge in [-0.2, -0.15) is 0 Å². The summed E-state index contributed by atoms with van der Waals surface area (Å²) in [6.45, 7) is 16.0. The zero-order chi connectivity index (χ0) is 14.8. The summed E-state index contributed by atoms with van der Waals surface area (Å²) in [5.41, 5.74) is 0. The smallest absolute Gasteiger partial charge is 0.216 e. The van der Waals surface area contributed by atoms with E-state index < -0.39 is 0 Å². The first-order chi connectivity index (χ1) is 8.86. The van der Waals surface area contributed by atoms with Crippen LogP contribution in [0.2, 0.25) is 0 Å². The molecule has 0 atom stereocenters. The lowest BCUT2D eigenvalue weighted by Crippen LogP contribution is -1.82. The molecule has 0 amide bonds. The topological polar surface area (TPSA) is 38.9 Å². The summed E-state index contributed by atoms with van der Waals surface area (Å²) in [4.78, 5) is 0. The molecule has 0 aliphatic rings. The molecular weight excluding hydrogens is 224 g/mol. The minimum absolute atomic E-state index is 0.727. The third-order valence-corrected chi connectivity index (χ3v) is 1.57. The predicted molar refractivity (Wildman–Crippen MR) is 80.9 cm³/mol. The average Bonchev–Trinajstić information content (AvgIpc) is 2.94. The minimum atomic E-state index is 0.727. The first-order valence-electron chi connectivity index (χ1n) is 7.29. The molecule has 0 aliphatic carbocycles. The maximum Gasteiger partial charge on any atom is 0.216 e. The van der Waals surface area contributed by atoms with E-state index in [1.165, 1.54) is 0 Å². The summed E-state index contributed by atoms with van der Waals surface area (Å²) in [6, 6.07) is 0. The Morgan fingerprint density at radius 2 is 1.44 bits per heavy atom. The third kappa shape index (κ3) is 12.9. The molecule has 0 spiro atoms. The van der Waals surface area contributed by atoms with Gasteiger partial charge in [-0.05, 0) is 13.3 Å². The summed E-state index contributed by atoms with van der Waals surface area (Å²) >= 11 is 0. The first-order valence-corrected chi connectivity index (χ1v) is 7.29. The van der Waals surface area contributed by atoms with Crippen LogP contribution in [0.1, 0.15) is 73.6 Å². The van der Waals surface area contributed by atoms with Crippen LogP contribution >= 0.6 is 0 Å². The molecule has 3 heteroatoms. The van der Waals surface area contributed by atoms with E-state index in [1.54, 1.807) is 0 Å². The molecule has 3 nitrogen and oxygen atoms in total. The lowest BCUT2D eigenvalue weighted by atomic mass is 10.3. The standard InChI is InChI=1S/C9H14N2O.3C2H6/c1-3-5-6-7-9-11-10-8(4-2)12-9;3*1-2/h3,5H,4,6-7H2,1-2H3;3*1-2H3/b5-3+;;;. The van der Waals surface area contributed by atoms with Crippen LogP contribution in [0.25, 0.3) is 0 Å². The number of hydrogen-bond acceptors (Lipinski definition) is 3. The van der Waals surface area contributed by atoms with Gasteiger partial charge in [0.1, 0.15) is 0 Å². The van der Waals surface area contributed by atoms with Crippen molar-refractivity contribution in [3.63, 3.8) is 0 Å². The van der Waals surface area contributed by atoms with Crippen molar-refractivity contribution in [3.8, 4) is 0 Å². The minimum Gasteiger partial charge on any atom is -0.425 e. The molecule has 1 heterocycles. The molecule has 1 aromatic heterocycles. The fraction of sp³-hybridized carbons (Fsp3) is 0.733. The molecule has 1 rings (SSSR count). The second kappa shape index (κ2) is 21.2. The van der Waals surface area contributed by atoms with E-state index in [-0.39, 0.29) is 0 Å². The molecule has 0 fully saturated rings. The van der Waals surface area contributed by atoms with Gasteiger partial charge in [0, 0.05) is 12.8 Å². The van der Waals surface area contributed by atoms with Crippen molar-refractivity contribution < 1.29 is 4.42 Å². The first kappa shape index (κ1) is 22.1. The number of rotatable bonds is 4. The Kier molecular flexibility index (Phi) is 26.0. The van der Waals surface area contributed by atoms with Gasteiger partial charge in [0.25, 0.3) is 0 Å². The fourth-order valence-corrected chi connectivity index (χ4v) is 0.906. The van der Waals surface area contributed by atoms with Gasteiger partial charge in [0.05, 0.1) is 0 Å². The molecule has 1 aromatic rings. The van der Waals surface area contributed by atoms with E-state index in [9.17, 15) is 0 Å². The Balaban J connectivity index is -0.000000328. The van der Waals surface area contributed by atoms with Crippen molar-refractivity contribution in [1.82, 2.24) is 10.2 Å². The Morgan fingerprint density at radius 1 is 0.944 bits per heavy atom. The molecule has 0 bridgehead atoms. The monoisotopic (exact) mass is 256 g/mol. The van der Waals surface area contributed by atoms with E-state index in [1.807, 2.05) is 61.5 Å². The number of nitrogens with zero attached hydrogens (tertiary/aromatic N) is 2. The lowest BCUT2D eigenvalue weighted by molar-refractivity contribution is 0.454. The SMILES string of the molecule is C/C=C/CCc1nnc(CC)o1.CC.CC.CC. The largest absolute Gasteiger partial charge is 0.425 e. The highest BCUT2D eigenvalue weighted by atomic mass is 16.4. The maximum atomic E-state index is 5.32. The number of hydrogen-bond donors (Lipinski definition) is 0. The predicted octanol–water partition coefficient (Wildman–Crippen LogP) is 5.22. The average molecular weight is 256 g/mol. The summed E-state index contributed by atoms with van der Waals surface area (Å²) in [5, 5.41) is 7.78. The van der Waals surface area contributed by atoms with Crippen molar-refractivity contribution in [2.24, 2.45) is 0 Å². The number of aryl methyl sites for hydroxylation is 2. The summed E-state index contributed by atoms with van der Waals surface area (Å²) in [5.74, 6) is 1.47. The van der Waals surface area contributed by atoms with Gasteiger partial charge < -0.3 is 4.42 Å². The third-order valence-electron chi connectivity index (χ3n) is 1.57. The van der Waals surface area contributed by atoms with Crippen molar-refractivity contribution in [2.45, 2.75) is 74.7 Å². The van der Waals surface area contributed by atoms with Crippen LogP contribution in [0.15, 0.2) is 16.6 Å². The molecule has 0 unspecified atom stereocenters. The summed E-state index contributed by atoms with van der Waals surface area (Å²) in [6.07, 6.45) is 6.75. The molecule has 108 valence electrons. The van der Waals surface area contributed by atoms with Crippen LogP contribution < -0.4 is 0 Å². The lowest BCUT2D eigenvalue weighted by Gasteiger charge is -1.87. The van der Waals surface area contributed by atoms with Crippen molar-refractivity contribution in [3.05, 3.63) is 23.9 Å². The molecule has 0 saturated carbocycles. The highest BCUT2D eigenvalue weighted by Crippen LogP contribution is 2.03. The second-order valence-corrected chi connectivity index (χ2v) is 2.55. The van der Waals surface area contributed by atoms with Gasteiger partial charge >= 0.3 is 0 Å². The van der Waals surface area contributed by atoms with Crippen LogP contribution in [0.5, 0.6) is 0 Å². The van der Waals surface area contributed by atoms with Crippen molar-refractivity contribution in [2.75, 3.05) is 0 Å². The highest BCUT2D eigenvalue weighted by molar-refractivity contribution is 4.86. The normalized spacial score (nSPS) is 8.44. The molecule has 0 N–H and O–H groups in total. The van der Waals surface area contributed by atoms with Gasteiger partial charge in [-0.15, -0.1) is 10.2 Å². The summed E-state index contributed by atoms with van der Waals surface area (Å²) < 4.78 is 5.32. The van der Waals surface area contributed by atoms with E-state index in [4.69, 9.17) is 4.42 Å². The van der Waals surface area contributed by atoms with Gasteiger partial charge in [-0.1, -0.05) is 60.6 Å². The van der Waals surface area contributed by atoms with Crippen LogP contribution in [0.4, 0.5) is 0 Å². The van der Waals surface area contributed by atoms with Crippen LogP contribution in [-0.2, 0) is 12.8 Å². The van der Waals surface area contributed by atoms with Crippen molar-refractivity contribution in [1.29, 1.82) is 0 Å². The van der Waals surface area contributed by atoms with E-state index in [0.717, 1.165) is 31.0 Å². The molecular formula is C15H32N2O. The number of allylic oxidation sites excluding steroid dienone is 2. The Labute approximate surface area is 114 Å². The van der Waals surface area contributed by atoms with Gasteiger partial charge in [0.15, 0.2) is 0 Å². The molecule has 0 saturated heterocycles. The second-order valence-electron chi connectivity index (χ2n) is 2.55. The van der Waals surface area contributed by atoms with Gasteiger partial charge in [-0.25, -0.2) is 0 Å². The zero-order valence-corrected chi connectivity index (χ0v) is 13.6. The number of aromatic nitrogens is 2.